The Bertz CT molecular complexity index is 65.5. The monoisotopic (exact) mass is 532 g/mol. The van der Waals surface area contributed by atoms with Crippen molar-refractivity contribution in [2.45, 2.75) is 7.43 Å². The van der Waals surface area contributed by atoms with E-state index in [0.29, 0.717) is 0 Å². The molecule has 0 amide bonds. The number of hydrogen-bond acceptors (Lipinski definition) is 2. The molecule has 1 radical (unpaired) electrons. The van der Waals surface area contributed by atoms with Gasteiger partial charge in [-0.25, -0.2) is 0 Å². The van der Waals surface area contributed by atoms with Gasteiger partial charge in [-0.05, 0) is 0 Å². The van der Waals surface area contributed by atoms with E-state index in [2.05, 4.69) is 0 Å². The molecule has 3 nitrogen and oxygen atoms in total. The molecule has 0 fully saturated rings. The van der Waals surface area contributed by atoms with Crippen molar-refractivity contribution >= 4 is 130 Å². The first kappa shape index (κ1) is 118. The Labute approximate surface area is 220 Å². The molecule has 0 saturated heterocycles. The van der Waals surface area contributed by atoms with Gasteiger partial charge in [0.05, 0.1) is 0 Å². The standard InChI is InChI=1S/CH4.4ClH.K.3Mg.O2Si.H2O.W.2H/c;;;;;;;;;1-3-2;;;;/h1H4;4*1H;;;;;;1H2;;;/q;;;;;;3*+2;;;;2*-1/p-3. The maximum Gasteiger partial charge on any atom is 2.00 e. The van der Waals surface area contributed by atoms with Crippen molar-refractivity contribution in [1.82, 2.24) is 0 Å². The number of halogens is 4. The minimum absolute atomic E-state index is 0. The Morgan fingerprint density at radius 3 is 0.786 bits per heavy atom. The summed E-state index contributed by atoms with van der Waals surface area (Å²) < 4.78 is 16.8. The third-order valence-corrected chi connectivity index (χ3v) is 0. The minimum Gasteiger partial charge on any atom is -1.00 e. The zero-order valence-corrected chi connectivity index (χ0v) is 21.3. The van der Waals surface area contributed by atoms with Crippen molar-refractivity contribution in [1.29, 1.82) is 0 Å². The van der Waals surface area contributed by atoms with Gasteiger partial charge in [0.2, 0.25) is 0 Å². The van der Waals surface area contributed by atoms with Gasteiger partial charge in [-0.2, -0.15) is 0 Å². The fourth-order valence-corrected chi connectivity index (χ4v) is 0. The van der Waals surface area contributed by atoms with Crippen LogP contribution in [0.5, 0.6) is 0 Å². The third kappa shape index (κ3) is 156. The Hall–Kier alpha value is 5.56. The van der Waals surface area contributed by atoms with Crippen LogP contribution in [0.15, 0.2) is 0 Å². The summed E-state index contributed by atoms with van der Waals surface area (Å²) >= 11 is 0. The average Bonchev–Trinajstić information content (AvgIpc) is 0.918. The van der Waals surface area contributed by atoms with E-state index in [1.807, 2.05) is 0 Å². The van der Waals surface area contributed by atoms with Crippen LogP contribution in [0.3, 0.4) is 0 Å². The van der Waals surface area contributed by atoms with Gasteiger partial charge in [0.15, 0.2) is 0 Å². The van der Waals surface area contributed by atoms with Gasteiger partial charge in [0.1, 0.15) is 0 Å². The van der Waals surface area contributed by atoms with Crippen LogP contribution in [0, 0.1) is 0 Å². The summed E-state index contributed by atoms with van der Waals surface area (Å²) in [6.07, 6.45) is 0. The van der Waals surface area contributed by atoms with Crippen molar-refractivity contribution in [2.75, 3.05) is 0 Å². The average molecular weight is 535 g/mol. The molecule has 0 aromatic heterocycles. The maximum atomic E-state index is 8.40. The van der Waals surface area contributed by atoms with Crippen molar-refractivity contribution in [3.8, 4) is 0 Å². The summed E-state index contributed by atoms with van der Waals surface area (Å²) in [7, 11) is -1.42. The van der Waals surface area contributed by atoms with E-state index in [1.165, 1.54) is 0 Å². The summed E-state index contributed by atoms with van der Waals surface area (Å²) in [6, 6.07) is 0. The van der Waals surface area contributed by atoms with Gasteiger partial charge in [0, 0.05) is 72.4 Å². The van der Waals surface area contributed by atoms with E-state index in [9.17, 15) is 0 Å². The fraction of sp³-hybridized carbons (Fsp3) is 1.00. The Morgan fingerprint density at radius 2 is 0.786 bits per heavy atom. The summed E-state index contributed by atoms with van der Waals surface area (Å²) in [5, 5.41) is 0. The Kier molecular flexibility index (Phi) is 1120. The molecule has 0 aromatic carbocycles. The van der Waals surface area contributed by atoms with Crippen LogP contribution in [-0.2, 0) is 35.5 Å². The van der Waals surface area contributed by atoms with Crippen LogP contribution in [0.1, 0.15) is 10.3 Å². The molecule has 0 aliphatic heterocycles. The molecule has 0 bridgehead atoms. The molecule has 0 rings (SSSR count). The topological polar surface area (TPSA) is 67.1 Å². The van der Waals surface area contributed by atoms with Crippen molar-refractivity contribution in [2.24, 2.45) is 0 Å². The van der Waals surface area contributed by atoms with Crippen molar-refractivity contribution in [3.63, 3.8) is 0 Å². The first-order chi connectivity index (χ1) is 1.41. The van der Waals surface area contributed by atoms with Crippen LogP contribution in [0.4, 0.5) is 0 Å². The van der Waals surface area contributed by atoms with E-state index < -0.39 is 9.29 Å². The van der Waals surface area contributed by atoms with Gasteiger partial charge < -0.3 is 58.0 Å². The molecule has 0 heterocycles. The van der Waals surface area contributed by atoms with Crippen LogP contribution in [0.25, 0.3) is 0 Å². The Balaban J connectivity index is -0.000000000256. The minimum atomic E-state index is -1.42. The third-order valence-electron chi connectivity index (χ3n) is 0. The maximum absolute atomic E-state index is 8.40. The van der Waals surface area contributed by atoms with Crippen LogP contribution < -0.4 is 49.6 Å². The molecule has 14 heavy (non-hydrogen) atoms. The molecule has 75 valence electrons. The molecule has 0 spiro atoms. The van der Waals surface area contributed by atoms with Crippen LogP contribution in [0.2, 0.25) is 0 Å². The zero-order valence-electron chi connectivity index (χ0n) is 8.94. The molecule has 13 heteroatoms. The first-order valence-electron chi connectivity index (χ1n) is 0.408. The molecule has 0 unspecified atom stereocenters. The van der Waals surface area contributed by atoms with Crippen LogP contribution in [-0.4, -0.2) is 130 Å². The smallest absolute Gasteiger partial charge is 1.00 e. The molecule has 0 aliphatic rings. The SMILES string of the molecule is C.O=[Si]=O.[Cl-].[Cl-].[Cl-].[Cl-].[H-].[H-].[K].[Mg+2].[Mg+2].[Mg+2].[OH3+].[W]. The van der Waals surface area contributed by atoms with Gasteiger partial charge in [0.25, 0.3) is 0 Å². The Morgan fingerprint density at radius 1 is 0.786 bits per heavy atom. The van der Waals surface area contributed by atoms with Gasteiger partial charge >= 0.3 is 78.5 Å². The van der Waals surface area contributed by atoms with E-state index in [1.54, 1.807) is 0 Å². The van der Waals surface area contributed by atoms with Gasteiger partial charge in [-0.15, -0.1) is 0 Å². The molecule has 0 atom stereocenters. The predicted octanol–water partition coefficient (Wildman–Crippen LogP) is -14.2. The van der Waals surface area contributed by atoms with Crippen molar-refractivity contribution in [3.05, 3.63) is 0 Å². The molecular formula is CH9Cl4KMg3O3SiW+. The second-order valence-corrected chi connectivity index (χ2v) is 0.250. The second kappa shape index (κ2) is 133. The molecule has 0 saturated carbocycles. The largest absolute Gasteiger partial charge is 2.00 e. The summed E-state index contributed by atoms with van der Waals surface area (Å²) in [5.41, 5.74) is 0. The van der Waals surface area contributed by atoms with Crippen LogP contribution >= 0.6 is 0 Å². The summed E-state index contributed by atoms with van der Waals surface area (Å²) in [6.45, 7) is 0. The quantitative estimate of drug-likeness (QED) is 0.229. The molecule has 0 aliphatic carbocycles. The van der Waals surface area contributed by atoms with Crippen molar-refractivity contribution < 1.29 is 87.9 Å². The molecular weight excluding hydrogens is 526 g/mol. The van der Waals surface area contributed by atoms with E-state index in [4.69, 9.17) is 8.92 Å². The zero-order chi connectivity index (χ0) is 2.71. The summed E-state index contributed by atoms with van der Waals surface area (Å²) in [5.74, 6) is 0. The van der Waals surface area contributed by atoms with E-state index >= 15 is 0 Å². The first-order valence-corrected chi connectivity index (χ1v) is 1.22. The molecule has 0 aromatic rings. The normalized spacial score (nSPS) is 0.571. The van der Waals surface area contributed by atoms with E-state index in [-0.39, 0.29) is 207 Å². The number of rotatable bonds is 0. The fourth-order valence-electron chi connectivity index (χ4n) is 0. The summed E-state index contributed by atoms with van der Waals surface area (Å²) in [4.78, 5) is 0. The van der Waals surface area contributed by atoms with E-state index in [0.717, 1.165) is 0 Å². The number of hydrogen-bond donors (Lipinski definition) is 0. The molecule has 3 N–H and O–H groups in total. The predicted molar refractivity (Wildman–Crippen MR) is 44.0 cm³/mol. The second-order valence-electron chi connectivity index (χ2n) is 0.0833. The van der Waals surface area contributed by atoms with Gasteiger partial charge in [-0.3, -0.25) is 8.92 Å². The van der Waals surface area contributed by atoms with Gasteiger partial charge in [-0.1, -0.05) is 7.43 Å².